The molecule has 2 atom stereocenters. The van der Waals surface area contributed by atoms with Crippen LogP contribution in [0.4, 0.5) is 0 Å². The van der Waals surface area contributed by atoms with Crippen molar-refractivity contribution in [3.05, 3.63) is 54.1 Å². The highest BCUT2D eigenvalue weighted by Gasteiger charge is 2.19. The Labute approximate surface area is 121 Å². The van der Waals surface area contributed by atoms with Crippen LogP contribution in [0.5, 0.6) is 0 Å². The second-order valence-corrected chi connectivity index (χ2v) is 5.83. The van der Waals surface area contributed by atoms with Crippen molar-refractivity contribution in [3.8, 4) is 0 Å². The number of nitrogens with zero attached hydrogens (tertiary/aromatic N) is 2. The molecule has 3 heteroatoms. The topological polar surface area (TPSA) is 29.9 Å². The van der Waals surface area contributed by atoms with Gasteiger partial charge in [0.15, 0.2) is 0 Å². The summed E-state index contributed by atoms with van der Waals surface area (Å²) in [5.41, 5.74) is 2.79. The molecule has 0 bridgehead atoms. The molecule has 3 nitrogen and oxygen atoms in total. The maximum atomic E-state index is 4.38. The van der Waals surface area contributed by atoms with Crippen LogP contribution in [-0.4, -0.2) is 22.6 Å². The van der Waals surface area contributed by atoms with E-state index in [2.05, 4.69) is 58.3 Å². The Bertz CT molecular complexity index is 526. The monoisotopic (exact) mass is 269 g/mol. The van der Waals surface area contributed by atoms with Gasteiger partial charge in [-0.3, -0.25) is 0 Å². The van der Waals surface area contributed by atoms with Crippen LogP contribution in [-0.2, 0) is 6.54 Å². The maximum Gasteiger partial charge on any atom is 0.0948 e. The molecule has 1 N–H and O–H groups in total. The molecule has 1 aliphatic rings. The van der Waals surface area contributed by atoms with Gasteiger partial charge in [0.05, 0.1) is 6.33 Å². The van der Waals surface area contributed by atoms with Crippen LogP contribution < -0.4 is 5.32 Å². The van der Waals surface area contributed by atoms with E-state index in [0.717, 1.165) is 19.6 Å². The van der Waals surface area contributed by atoms with Gasteiger partial charge >= 0.3 is 0 Å². The van der Waals surface area contributed by atoms with E-state index in [-0.39, 0.29) is 0 Å². The number of imidazole rings is 1. The molecule has 3 rings (SSSR count). The van der Waals surface area contributed by atoms with Gasteiger partial charge in [0.25, 0.3) is 0 Å². The summed E-state index contributed by atoms with van der Waals surface area (Å²) in [5.74, 6) is 1.13. The second-order valence-electron chi connectivity index (χ2n) is 5.83. The molecular formula is C17H23N3. The lowest BCUT2D eigenvalue weighted by Crippen LogP contribution is -2.29. The average Bonchev–Trinajstić information content (AvgIpc) is 2.97. The lowest BCUT2D eigenvalue weighted by Gasteiger charge is -2.24. The van der Waals surface area contributed by atoms with Crippen molar-refractivity contribution in [2.45, 2.75) is 38.1 Å². The Balaban J connectivity index is 1.73. The number of hydrogen-bond donors (Lipinski definition) is 1. The molecular weight excluding hydrogens is 246 g/mol. The average molecular weight is 269 g/mol. The molecule has 1 aromatic heterocycles. The number of aromatic nitrogens is 2. The molecule has 1 aliphatic heterocycles. The molecule has 106 valence electrons. The summed E-state index contributed by atoms with van der Waals surface area (Å²) >= 11 is 0. The first kappa shape index (κ1) is 13.4. The number of rotatable bonds is 4. The quantitative estimate of drug-likeness (QED) is 0.924. The van der Waals surface area contributed by atoms with Crippen molar-refractivity contribution in [1.82, 2.24) is 14.9 Å². The van der Waals surface area contributed by atoms with Gasteiger partial charge in [-0.15, -0.1) is 0 Å². The first-order chi connectivity index (χ1) is 9.84. The summed E-state index contributed by atoms with van der Waals surface area (Å²) in [6.07, 6.45) is 6.58. The van der Waals surface area contributed by atoms with Gasteiger partial charge in [-0.2, -0.15) is 0 Å². The molecule has 0 saturated carbocycles. The fourth-order valence-corrected chi connectivity index (χ4v) is 3.11. The third-order valence-electron chi connectivity index (χ3n) is 4.30. The van der Waals surface area contributed by atoms with E-state index in [1.165, 1.54) is 24.1 Å². The fraction of sp³-hybridized carbons (Fsp3) is 0.471. The fourth-order valence-electron chi connectivity index (χ4n) is 3.11. The van der Waals surface area contributed by atoms with Crippen LogP contribution in [0.1, 0.15) is 42.9 Å². The van der Waals surface area contributed by atoms with Crippen LogP contribution in [0.25, 0.3) is 0 Å². The summed E-state index contributed by atoms with van der Waals surface area (Å²) in [7, 11) is 0. The maximum absolute atomic E-state index is 4.38. The summed E-state index contributed by atoms with van der Waals surface area (Å²) in [6, 6.07) is 10.7. The summed E-state index contributed by atoms with van der Waals surface area (Å²) < 4.78 is 2.34. The Morgan fingerprint density at radius 1 is 1.35 bits per heavy atom. The minimum absolute atomic E-state index is 0.515. The Kier molecular flexibility index (Phi) is 4.16. The molecule has 2 heterocycles. The lowest BCUT2D eigenvalue weighted by molar-refractivity contribution is 0.435. The van der Waals surface area contributed by atoms with E-state index in [9.17, 15) is 0 Å². The highest BCUT2D eigenvalue weighted by atomic mass is 15.1. The molecule has 1 fully saturated rings. The predicted molar refractivity (Wildman–Crippen MR) is 81.9 cm³/mol. The lowest BCUT2D eigenvalue weighted by atomic mass is 9.95. The Morgan fingerprint density at radius 3 is 2.95 bits per heavy atom. The van der Waals surface area contributed by atoms with E-state index >= 15 is 0 Å². The van der Waals surface area contributed by atoms with E-state index in [0.29, 0.717) is 11.8 Å². The van der Waals surface area contributed by atoms with Crippen LogP contribution in [0, 0.1) is 0 Å². The van der Waals surface area contributed by atoms with Gasteiger partial charge < -0.3 is 9.88 Å². The van der Waals surface area contributed by atoms with Crippen LogP contribution in [0.15, 0.2) is 42.9 Å². The zero-order chi connectivity index (χ0) is 13.8. The molecule has 1 aromatic carbocycles. The second kappa shape index (κ2) is 6.23. The van der Waals surface area contributed by atoms with E-state index in [4.69, 9.17) is 0 Å². The van der Waals surface area contributed by atoms with Crippen LogP contribution >= 0.6 is 0 Å². The van der Waals surface area contributed by atoms with Crippen LogP contribution in [0.2, 0.25) is 0 Å². The zero-order valence-corrected chi connectivity index (χ0v) is 12.1. The van der Waals surface area contributed by atoms with Crippen molar-refractivity contribution in [3.63, 3.8) is 0 Å². The molecule has 0 aliphatic carbocycles. The van der Waals surface area contributed by atoms with E-state index in [1.807, 2.05) is 6.33 Å². The first-order valence-electron chi connectivity index (χ1n) is 7.60. The molecule has 0 spiro atoms. The van der Waals surface area contributed by atoms with Gasteiger partial charge in [0.1, 0.15) is 0 Å². The number of hydrogen-bond acceptors (Lipinski definition) is 2. The minimum Gasteiger partial charge on any atom is -0.334 e. The van der Waals surface area contributed by atoms with Crippen molar-refractivity contribution in [2.75, 3.05) is 13.1 Å². The minimum atomic E-state index is 0.515. The van der Waals surface area contributed by atoms with E-state index < -0.39 is 0 Å². The standard InChI is InChI=1S/C17H23N3/c1-14(15-6-3-2-4-7-15)12-20-13-19-11-17(20)16-8-5-9-18-10-16/h2-4,6-7,11,13-14,16,18H,5,8-10,12H2,1H3. The SMILES string of the molecule is CC(Cn1cncc1C1CCCNC1)c1ccccc1. The summed E-state index contributed by atoms with van der Waals surface area (Å²) in [4.78, 5) is 4.38. The van der Waals surface area contributed by atoms with Gasteiger partial charge in [0.2, 0.25) is 0 Å². The molecule has 20 heavy (non-hydrogen) atoms. The van der Waals surface area contributed by atoms with E-state index in [1.54, 1.807) is 0 Å². The van der Waals surface area contributed by atoms with Gasteiger partial charge in [0, 0.05) is 30.9 Å². The first-order valence-corrected chi connectivity index (χ1v) is 7.60. The smallest absolute Gasteiger partial charge is 0.0948 e. The molecule has 0 radical (unpaired) electrons. The molecule has 2 aromatic rings. The largest absolute Gasteiger partial charge is 0.334 e. The number of nitrogens with one attached hydrogen (secondary N) is 1. The highest BCUT2D eigenvalue weighted by Crippen LogP contribution is 2.25. The van der Waals surface area contributed by atoms with Crippen molar-refractivity contribution >= 4 is 0 Å². The molecule has 0 amide bonds. The molecule has 2 unspecified atom stereocenters. The van der Waals surface area contributed by atoms with Gasteiger partial charge in [-0.05, 0) is 30.9 Å². The number of piperidine rings is 1. The van der Waals surface area contributed by atoms with Crippen molar-refractivity contribution < 1.29 is 0 Å². The van der Waals surface area contributed by atoms with Gasteiger partial charge in [-0.25, -0.2) is 4.98 Å². The summed E-state index contributed by atoms with van der Waals surface area (Å²) in [5, 5.41) is 3.49. The summed E-state index contributed by atoms with van der Waals surface area (Å²) in [6.45, 7) is 5.55. The van der Waals surface area contributed by atoms with Crippen molar-refractivity contribution in [2.24, 2.45) is 0 Å². The number of benzene rings is 1. The Hall–Kier alpha value is -1.61. The molecule has 1 saturated heterocycles. The van der Waals surface area contributed by atoms with Gasteiger partial charge in [-0.1, -0.05) is 37.3 Å². The third kappa shape index (κ3) is 2.93. The third-order valence-corrected chi connectivity index (χ3v) is 4.30. The predicted octanol–water partition coefficient (Wildman–Crippen LogP) is 3.15. The normalized spacial score (nSPS) is 20.8. The highest BCUT2D eigenvalue weighted by molar-refractivity contribution is 5.19. The van der Waals surface area contributed by atoms with Crippen LogP contribution in [0.3, 0.4) is 0 Å². The zero-order valence-electron chi connectivity index (χ0n) is 12.1. The Morgan fingerprint density at radius 2 is 2.20 bits per heavy atom. The van der Waals surface area contributed by atoms with Crippen molar-refractivity contribution in [1.29, 1.82) is 0 Å².